The molecule has 15 heavy (non-hydrogen) atoms. The van der Waals surface area contributed by atoms with Crippen molar-refractivity contribution < 1.29 is 4.42 Å². The molecule has 5 heteroatoms. The first-order chi connectivity index (χ1) is 7.36. The summed E-state index contributed by atoms with van der Waals surface area (Å²) in [5.74, 6) is 1.64. The van der Waals surface area contributed by atoms with Crippen LogP contribution in [0.4, 0.5) is 5.95 Å². The van der Waals surface area contributed by atoms with Gasteiger partial charge in [0.1, 0.15) is 6.26 Å². The van der Waals surface area contributed by atoms with Crippen LogP contribution in [0, 0.1) is 0 Å². The van der Waals surface area contributed by atoms with E-state index in [2.05, 4.69) is 22.4 Å². The number of rotatable bonds is 4. The highest BCUT2D eigenvalue weighted by Gasteiger charge is 2.12. The average molecular weight is 206 g/mol. The Labute approximate surface area is 88.1 Å². The molecule has 2 heterocycles. The van der Waals surface area contributed by atoms with Gasteiger partial charge in [-0.1, -0.05) is 0 Å². The van der Waals surface area contributed by atoms with E-state index >= 15 is 0 Å². The summed E-state index contributed by atoms with van der Waals surface area (Å²) in [6, 6.07) is 1.88. The Balaban J connectivity index is 2.40. The van der Waals surface area contributed by atoms with Crippen molar-refractivity contribution in [2.45, 2.75) is 20.4 Å². The maximum Gasteiger partial charge on any atom is 0.224 e. The Bertz CT molecular complexity index is 419. The lowest BCUT2D eigenvalue weighted by Crippen LogP contribution is -2.06. The van der Waals surface area contributed by atoms with Gasteiger partial charge < -0.3 is 9.73 Å². The van der Waals surface area contributed by atoms with Gasteiger partial charge in [0.15, 0.2) is 5.82 Å². The van der Waals surface area contributed by atoms with Crippen molar-refractivity contribution >= 4 is 5.95 Å². The SMILES string of the molecule is CCNc1nnc(-c2ccoc2)n1CC. The monoisotopic (exact) mass is 206 g/mol. The van der Waals surface area contributed by atoms with Gasteiger partial charge in [-0.3, -0.25) is 4.57 Å². The summed E-state index contributed by atoms with van der Waals surface area (Å²) in [6.07, 6.45) is 3.31. The molecule has 0 aromatic carbocycles. The van der Waals surface area contributed by atoms with Crippen LogP contribution in [-0.4, -0.2) is 21.3 Å². The molecular weight excluding hydrogens is 192 g/mol. The van der Waals surface area contributed by atoms with Crippen molar-refractivity contribution in [1.29, 1.82) is 0 Å². The predicted octanol–water partition coefficient (Wildman–Crippen LogP) is 1.99. The van der Waals surface area contributed by atoms with Crippen molar-refractivity contribution in [2.24, 2.45) is 0 Å². The van der Waals surface area contributed by atoms with E-state index in [4.69, 9.17) is 4.42 Å². The normalized spacial score (nSPS) is 10.5. The first-order valence-electron chi connectivity index (χ1n) is 5.06. The minimum atomic E-state index is 0.802. The van der Waals surface area contributed by atoms with Crippen LogP contribution in [0.2, 0.25) is 0 Å². The first-order valence-corrected chi connectivity index (χ1v) is 5.06. The molecule has 0 bridgehead atoms. The summed E-state index contributed by atoms with van der Waals surface area (Å²) >= 11 is 0. The molecule has 0 atom stereocenters. The molecule has 0 spiro atoms. The van der Waals surface area contributed by atoms with Crippen LogP contribution in [0.1, 0.15) is 13.8 Å². The zero-order valence-electron chi connectivity index (χ0n) is 8.90. The third kappa shape index (κ3) is 1.72. The third-order valence-electron chi connectivity index (χ3n) is 2.18. The summed E-state index contributed by atoms with van der Waals surface area (Å²) in [6.45, 7) is 5.76. The second-order valence-corrected chi connectivity index (χ2v) is 3.13. The quantitative estimate of drug-likeness (QED) is 0.831. The largest absolute Gasteiger partial charge is 0.472 e. The number of furan rings is 1. The van der Waals surface area contributed by atoms with Crippen LogP contribution in [0.3, 0.4) is 0 Å². The van der Waals surface area contributed by atoms with Crippen LogP contribution in [0.5, 0.6) is 0 Å². The number of nitrogens with one attached hydrogen (secondary N) is 1. The first kappa shape index (κ1) is 9.76. The average Bonchev–Trinajstić information content (AvgIpc) is 2.85. The summed E-state index contributed by atoms with van der Waals surface area (Å²) in [7, 11) is 0. The van der Waals surface area contributed by atoms with Crippen LogP contribution < -0.4 is 5.32 Å². The minimum Gasteiger partial charge on any atom is -0.472 e. The van der Waals surface area contributed by atoms with Gasteiger partial charge in [0.25, 0.3) is 0 Å². The lowest BCUT2D eigenvalue weighted by molar-refractivity contribution is 0.567. The molecule has 5 nitrogen and oxygen atoms in total. The molecule has 2 aromatic rings. The van der Waals surface area contributed by atoms with E-state index in [-0.39, 0.29) is 0 Å². The summed E-state index contributed by atoms with van der Waals surface area (Å²) in [4.78, 5) is 0. The van der Waals surface area contributed by atoms with Gasteiger partial charge in [0.05, 0.1) is 11.8 Å². The molecule has 0 radical (unpaired) electrons. The lowest BCUT2D eigenvalue weighted by Gasteiger charge is -2.06. The standard InChI is InChI=1S/C10H14N4O/c1-3-11-10-13-12-9(14(10)4-2)8-5-6-15-7-8/h5-7H,3-4H2,1-2H3,(H,11,13). The molecule has 80 valence electrons. The van der Waals surface area contributed by atoms with Crippen LogP contribution in [0.25, 0.3) is 11.4 Å². The third-order valence-corrected chi connectivity index (χ3v) is 2.18. The molecular formula is C10H14N4O. The number of anilines is 1. The van der Waals surface area contributed by atoms with Gasteiger partial charge in [-0.25, -0.2) is 0 Å². The molecule has 0 fully saturated rings. The lowest BCUT2D eigenvalue weighted by atomic mass is 10.3. The molecule has 0 saturated carbocycles. The Morgan fingerprint density at radius 3 is 2.87 bits per heavy atom. The zero-order valence-corrected chi connectivity index (χ0v) is 8.90. The summed E-state index contributed by atoms with van der Waals surface area (Å²) < 4.78 is 7.06. The van der Waals surface area contributed by atoms with Gasteiger partial charge >= 0.3 is 0 Å². The van der Waals surface area contributed by atoms with Crippen LogP contribution in [-0.2, 0) is 6.54 Å². The number of hydrogen-bond donors (Lipinski definition) is 1. The molecule has 0 aliphatic carbocycles. The predicted molar refractivity (Wildman–Crippen MR) is 57.6 cm³/mol. The van der Waals surface area contributed by atoms with Crippen molar-refractivity contribution in [3.8, 4) is 11.4 Å². The van der Waals surface area contributed by atoms with E-state index in [0.717, 1.165) is 30.4 Å². The van der Waals surface area contributed by atoms with Crippen molar-refractivity contribution in [1.82, 2.24) is 14.8 Å². The highest BCUT2D eigenvalue weighted by Crippen LogP contribution is 2.20. The van der Waals surface area contributed by atoms with E-state index in [1.165, 1.54) is 0 Å². The highest BCUT2D eigenvalue weighted by molar-refractivity contribution is 5.55. The van der Waals surface area contributed by atoms with E-state index in [1.807, 2.05) is 17.6 Å². The second-order valence-electron chi connectivity index (χ2n) is 3.13. The van der Waals surface area contributed by atoms with Gasteiger partial charge in [-0.2, -0.15) is 0 Å². The maximum absolute atomic E-state index is 5.04. The van der Waals surface area contributed by atoms with Gasteiger partial charge in [0.2, 0.25) is 5.95 Å². The number of hydrogen-bond acceptors (Lipinski definition) is 4. The number of aromatic nitrogens is 3. The Morgan fingerprint density at radius 2 is 2.27 bits per heavy atom. The minimum absolute atomic E-state index is 0.802. The smallest absolute Gasteiger partial charge is 0.224 e. The van der Waals surface area contributed by atoms with E-state index in [9.17, 15) is 0 Å². The van der Waals surface area contributed by atoms with Gasteiger partial charge in [-0.05, 0) is 19.9 Å². The zero-order chi connectivity index (χ0) is 10.7. The molecule has 0 unspecified atom stereocenters. The maximum atomic E-state index is 5.04. The van der Waals surface area contributed by atoms with Crippen molar-refractivity contribution in [3.05, 3.63) is 18.6 Å². The Morgan fingerprint density at radius 1 is 1.40 bits per heavy atom. The molecule has 2 rings (SSSR count). The molecule has 0 aliphatic heterocycles. The molecule has 0 aliphatic rings. The second kappa shape index (κ2) is 4.16. The summed E-state index contributed by atoms with van der Waals surface area (Å²) in [5.41, 5.74) is 0.952. The van der Waals surface area contributed by atoms with Gasteiger partial charge in [0, 0.05) is 13.1 Å². The highest BCUT2D eigenvalue weighted by atomic mass is 16.3. The fourth-order valence-corrected chi connectivity index (χ4v) is 1.50. The molecule has 0 saturated heterocycles. The topological polar surface area (TPSA) is 55.9 Å². The Kier molecular flexibility index (Phi) is 2.71. The summed E-state index contributed by atoms with van der Waals surface area (Å²) in [5, 5.41) is 11.4. The number of nitrogens with zero attached hydrogens (tertiary/aromatic N) is 3. The van der Waals surface area contributed by atoms with Crippen molar-refractivity contribution in [3.63, 3.8) is 0 Å². The van der Waals surface area contributed by atoms with E-state index in [0.29, 0.717) is 0 Å². The fourth-order valence-electron chi connectivity index (χ4n) is 1.50. The van der Waals surface area contributed by atoms with Crippen LogP contribution >= 0.6 is 0 Å². The molecule has 1 N–H and O–H groups in total. The fraction of sp³-hybridized carbons (Fsp3) is 0.400. The Hall–Kier alpha value is -1.78. The van der Waals surface area contributed by atoms with Crippen molar-refractivity contribution in [2.75, 3.05) is 11.9 Å². The van der Waals surface area contributed by atoms with E-state index < -0.39 is 0 Å². The molecule has 0 amide bonds. The van der Waals surface area contributed by atoms with Gasteiger partial charge in [-0.15, -0.1) is 10.2 Å². The van der Waals surface area contributed by atoms with E-state index in [1.54, 1.807) is 12.5 Å². The van der Waals surface area contributed by atoms with Crippen LogP contribution in [0.15, 0.2) is 23.0 Å². The molecule has 2 aromatic heterocycles.